The van der Waals surface area contributed by atoms with E-state index in [1.165, 1.54) is 12.8 Å². The molecule has 1 aromatic carbocycles. The van der Waals surface area contributed by atoms with Crippen molar-refractivity contribution in [3.63, 3.8) is 0 Å². The van der Waals surface area contributed by atoms with Crippen LogP contribution in [0.1, 0.15) is 36.0 Å². The summed E-state index contributed by atoms with van der Waals surface area (Å²) in [4.78, 5) is 2.75. The topological polar surface area (TPSA) is 49.4 Å². The summed E-state index contributed by atoms with van der Waals surface area (Å²) in [5.41, 5.74) is 2.73. The maximum atomic E-state index is 12.5. The predicted molar refractivity (Wildman–Crippen MR) is 86.1 cm³/mol. The number of benzene rings is 1. The fourth-order valence-electron chi connectivity index (χ4n) is 3.37. The third-order valence-corrected chi connectivity index (χ3v) is 6.08. The van der Waals surface area contributed by atoms with E-state index >= 15 is 0 Å². The zero-order valence-electron chi connectivity index (χ0n) is 13.4. The van der Waals surface area contributed by atoms with Crippen molar-refractivity contribution < 1.29 is 8.42 Å². The van der Waals surface area contributed by atoms with Gasteiger partial charge < -0.3 is 4.90 Å². The lowest BCUT2D eigenvalue weighted by Crippen LogP contribution is -2.32. The van der Waals surface area contributed by atoms with Gasteiger partial charge in [0.05, 0.1) is 4.90 Å². The SMILES string of the molecule is Cc1cc(C)c(S(=O)(=O)NCC[C@H]2CCCN2C)c(C)c1. The Bertz CT molecular complexity index is 588. The molecule has 2 rings (SSSR count). The van der Waals surface area contributed by atoms with Crippen molar-refractivity contribution >= 4 is 10.0 Å². The number of nitrogens with one attached hydrogen (secondary N) is 1. The van der Waals surface area contributed by atoms with Crippen LogP contribution in [0.3, 0.4) is 0 Å². The summed E-state index contributed by atoms with van der Waals surface area (Å²) in [5, 5.41) is 0. The van der Waals surface area contributed by atoms with Crippen molar-refractivity contribution in [1.29, 1.82) is 0 Å². The molecule has 1 atom stereocenters. The first-order chi connectivity index (χ1) is 9.81. The number of likely N-dealkylation sites (tertiary alicyclic amines) is 1. The maximum Gasteiger partial charge on any atom is 0.241 e. The summed E-state index contributed by atoms with van der Waals surface area (Å²) < 4.78 is 27.8. The summed E-state index contributed by atoms with van der Waals surface area (Å²) in [6.07, 6.45) is 3.25. The molecule has 0 aliphatic carbocycles. The molecule has 1 aliphatic heterocycles. The second-order valence-electron chi connectivity index (χ2n) is 6.19. The minimum atomic E-state index is -3.42. The average Bonchev–Trinajstić information content (AvgIpc) is 2.73. The van der Waals surface area contributed by atoms with Gasteiger partial charge in [-0.25, -0.2) is 13.1 Å². The quantitative estimate of drug-likeness (QED) is 0.908. The van der Waals surface area contributed by atoms with Crippen LogP contribution in [-0.4, -0.2) is 39.5 Å². The zero-order valence-corrected chi connectivity index (χ0v) is 14.3. The smallest absolute Gasteiger partial charge is 0.241 e. The summed E-state index contributed by atoms with van der Waals surface area (Å²) in [6.45, 7) is 7.33. The molecule has 0 amide bonds. The van der Waals surface area contributed by atoms with Crippen molar-refractivity contribution in [2.24, 2.45) is 0 Å². The predicted octanol–water partition coefficient (Wildman–Crippen LogP) is 2.37. The highest BCUT2D eigenvalue weighted by atomic mass is 32.2. The number of sulfonamides is 1. The molecule has 1 fully saturated rings. The lowest BCUT2D eigenvalue weighted by molar-refractivity contribution is 0.297. The fraction of sp³-hybridized carbons (Fsp3) is 0.625. The Kier molecular flexibility index (Phi) is 5.07. The molecule has 1 aromatic rings. The molecule has 1 N–H and O–H groups in total. The number of aryl methyl sites for hydroxylation is 3. The van der Waals surface area contributed by atoms with Gasteiger partial charge in [-0.2, -0.15) is 0 Å². The molecular formula is C16H26N2O2S. The second kappa shape index (κ2) is 6.46. The number of hydrogen-bond donors (Lipinski definition) is 1. The molecule has 0 bridgehead atoms. The van der Waals surface area contributed by atoms with E-state index in [4.69, 9.17) is 0 Å². The summed E-state index contributed by atoms with van der Waals surface area (Å²) in [6, 6.07) is 4.35. The Morgan fingerprint density at radius 2 is 1.86 bits per heavy atom. The van der Waals surface area contributed by atoms with Crippen LogP contribution >= 0.6 is 0 Å². The average molecular weight is 310 g/mol. The van der Waals surface area contributed by atoms with Gasteiger partial charge in [-0.05, 0) is 64.8 Å². The highest BCUT2D eigenvalue weighted by Crippen LogP contribution is 2.22. The van der Waals surface area contributed by atoms with E-state index < -0.39 is 10.0 Å². The van der Waals surface area contributed by atoms with E-state index in [0.29, 0.717) is 17.5 Å². The van der Waals surface area contributed by atoms with E-state index in [-0.39, 0.29) is 0 Å². The second-order valence-corrected chi connectivity index (χ2v) is 7.89. The van der Waals surface area contributed by atoms with Crippen molar-refractivity contribution in [2.75, 3.05) is 20.1 Å². The van der Waals surface area contributed by atoms with Gasteiger partial charge >= 0.3 is 0 Å². The Morgan fingerprint density at radius 1 is 1.24 bits per heavy atom. The van der Waals surface area contributed by atoms with Gasteiger partial charge in [-0.1, -0.05) is 17.7 Å². The number of rotatable bonds is 5. The summed E-state index contributed by atoms with van der Waals surface area (Å²) >= 11 is 0. The largest absolute Gasteiger partial charge is 0.303 e. The van der Waals surface area contributed by atoms with Gasteiger partial charge in [0.15, 0.2) is 0 Å². The van der Waals surface area contributed by atoms with E-state index in [1.54, 1.807) is 0 Å². The van der Waals surface area contributed by atoms with Crippen LogP contribution < -0.4 is 4.72 Å². The number of hydrogen-bond acceptors (Lipinski definition) is 3. The molecule has 4 nitrogen and oxygen atoms in total. The zero-order chi connectivity index (χ0) is 15.6. The Labute approximate surface area is 128 Å². The van der Waals surface area contributed by atoms with Crippen LogP contribution in [0.5, 0.6) is 0 Å². The monoisotopic (exact) mass is 310 g/mol. The molecule has 5 heteroatoms. The molecular weight excluding hydrogens is 284 g/mol. The first kappa shape index (κ1) is 16.5. The first-order valence-electron chi connectivity index (χ1n) is 7.59. The molecule has 0 aromatic heterocycles. The van der Waals surface area contributed by atoms with Gasteiger partial charge in [-0.15, -0.1) is 0 Å². The molecule has 21 heavy (non-hydrogen) atoms. The van der Waals surface area contributed by atoms with E-state index in [1.807, 2.05) is 32.9 Å². The Morgan fingerprint density at radius 3 is 2.38 bits per heavy atom. The van der Waals surface area contributed by atoms with Crippen molar-refractivity contribution in [3.05, 3.63) is 28.8 Å². The molecule has 0 radical (unpaired) electrons. The molecule has 0 saturated carbocycles. The summed E-state index contributed by atoms with van der Waals surface area (Å²) in [7, 11) is -1.30. The van der Waals surface area contributed by atoms with Crippen LogP contribution in [0.15, 0.2) is 17.0 Å². The van der Waals surface area contributed by atoms with Crippen molar-refractivity contribution in [3.8, 4) is 0 Å². The number of nitrogens with zero attached hydrogens (tertiary/aromatic N) is 1. The van der Waals surface area contributed by atoms with Crippen LogP contribution in [0.2, 0.25) is 0 Å². The van der Waals surface area contributed by atoms with Crippen LogP contribution in [-0.2, 0) is 10.0 Å². The van der Waals surface area contributed by atoms with Gasteiger partial charge in [-0.3, -0.25) is 0 Å². The maximum absolute atomic E-state index is 12.5. The van der Waals surface area contributed by atoms with E-state index in [0.717, 1.165) is 29.7 Å². The fourth-order valence-corrected chi connectivity index (χ4v) is 4.86. The third kappa shape index (κ3) is 3.84. The summed E-state index contributed by atoms with van der Waals surface area (Å²) in [5.74, 6) is 0. The lowest BCUT2D eigenvalue weighted by atomic mass is 10.1. The third-order valence-electron chi connectivity index (χ3n) is 4.31. The van der Waals surface area contributed by atoms with Crippen LogP contribution in [0.25, 0.3) is 0 Å². The van der Waals surface area contributed by atoms with Gasteiger partial charge in [0.1, 0.15) is 0 Å². The van der Waals surface area contributed by atoms with Gasteiger partial charge in [0.2, 0.25) is 10.0 Å². The van der Waals surface area contributed by atoms with Gasteiger partial charge in [0, 0.05) is 12.6 Å². The molecule has 1 heterocycles. The lowest BCUT2D eigenvalue weighted by Gasteiger charge is -2.19. The van der Waals surface area contributed by atoms with Crippen molar-refractivity contribution in [1.82, 2.24) is 9.62 Å². The molecule has 1 aliphatic rings. The van der Waals surface area contributed by atoms with E-state index in [2.05, 4.69) is 16.7 Å². The highest BCUT2D eigenvalue weighted by molar-refractivity contribution is 7.89. The minimum Gasteiger partial charge on any atom is -0.303 e. The van der Waals surface area contributed by atoms with Crippen molar-refractivity contribution in [2.45, 2.75) is 51.0 Å². The van der Waals surface area contributed by atoms with Gasteiger partial charge in [0.25, 0.3) is 0 Å². The molecule has 1 saturated heterocycles. The minimum absolute atomic E-state index is 0.438. The van der Waals surface area contributed by atoms with Crippen LogP contribution in [0, 0.1) is 20.8 Å². The molecule has 0 unspecified atom stereocenters. The molecule has 118 valence electrons. The van der Waals surface area contributed by atoms with Crippen LogP contribution in [0.4, 0.5) is 0 Å². The van der Waals surface area contributed by atoms with E-state index in [9.17, 15) is 8.42 Å². The molecule has 0 spiro atoms. The first-order valence-corrected chi connectivity index (χ1v) is 9.07. The normalized spacial score (nSPS) is 20.1. The Hall–Kier alpha value is -0.910. The highest BCUT2D eigenvalue weighted by Gasteiger charge is 2.23. The standard InChI is InChI=1S/C16H26N2O2S/c1-12-10-13(2)16(14(3)11-12)21(19,20)17-8-7-15-6-5-9-18(15)4/h10-11,15,17H,5-9H2,1-4H3/t15-/m1/s1. The Balaban J connectivity index is 2.05.